The van der Waals surface area contributed by atoms with Gasteiger partial charge in [-0.15, -0.1) is 11.8 Å². The van der Waals surface area contributed by atoms with Gasteiger partial charge in [0.2, 0.25) is 5.91 Å². The van der Waals surface area contributed by atoms with E-state index in [4.69, 9.17) is 9.47 Å². The number of thioether (sulfide) groups is 1. The summed E-state index contributed by atoms with van der Waals surface area (Å²) in [5.74, 6) is 0.795. The molecule has 0 heterocycles. The molecule has 2 aromatic rings. The molecule has 0 bridgehead atoms. The Morgan fingerprint density at radius 3 is 2.54 bits per heavy atom. The van der Waals surface area contributed by atoms with Crippen LogP contribution in [0.3, 0.4) is 0 Å². The molecule has 0 fully saturated rings. The Morgan fingerprint density at radius 2 is 1.86 bits per heavy atom. The van der Waals surface area contributed by atoms with E-state index >= 15 is 0 Å². The van der Waals surface area contributed by atoms with E-state index in [0.29, 0.717) is 34.9 Å². The highest BCUT2D eigenvalue weighted by Gasteiger charge is 2.11. The van der Waals surface area contributed by atoms with Gasteiger partial charge in [0.05, 0.1) is 25.0 Å². The Hall–Kier alpha value is -2.80. The predicted molar refractivity (Wildman–Crippen MR) is 110 cm³/mol. The van der Waals surface area contributed by atoms with Crippen molar-refractivity contribution in [3.63, 3.8) is 0 Å². The molecule has 0 aliphatic carbocycles. The molecule has 2 rings (SSSR count). The normalized spacial score (nSPS) is 10.2. The minimum absolute atomic E-state index is 0.0203. The fourth-order valence-corrected chi connectivity index (χ4v) is 3.30. The van der Waals surface area contributed by atoms with Gasteiger partial charge in [-0.2, -0.15) is 0 Å². The summed E-state index contributed by atoms with van der Waals surface area (Å²) in [4.78, 5) is 35.5. The third-order valence-corrected chi connectivity index (χ3v) is 4.82. The first-order chi connectivity index (χ1) is 13.4. The lowest BCUT2D eigenvalue weighted by atomic mass is 10.1. The van der Waals surface area contributed by atoms with Gasteiger partial charge in [0.1, 0.15) is 5.75 Å². The molecule has 0 aromatic heterocycles. The number of nitrogens with one attached hydrogen (secondary N) is 1. The van der Waals surface area contributed by atoms with Crippen molar-refractivity contribution in [2.45, 2.75) is 19.6 Å². The van der Waals surface area contributed by atoms with Crippen molar-refractivity contribution in [3.05, 3.63) is 59.2 Å². The molecule has 1 N–H and O–H groups in total. The van der Waals surface area contributed by atoms with Gasteiger partial charge >= 0.3 is 5.97 Å². The van der Waals surface area contributed by atoms with Crippen LogP contribution in [0, 0.1) is 0 Å². The number of amides is 1. The molecular weight excluding hydrogens is 378 g/mol. The molecule has 1 amide bonds. The largest absolute Gasteiger partial charge is 0.496 e. The maximum Gasteiger partial charge on any atom is 0.338 e. The molecule has 0 radical (unpaired) electrons. The molecular formula is C21H23NO5S. The first kappa shape index (κ1) is 21.5. The van der Waals surface area contributed by atoms with Crippen LogP contribution < -0.4 is 10.1 Å². The Kier molecular flexibility index (Phi) is 8.07. The Bertz CT molecular complexity index is 866. The highest BCUT2D eigenvalue weighted by Crippen LogP contribution is 2.25. The first-order valence-corrected chi connectivity index (χ1v) is 9.92. The molecule has 148 valence electrons. The number of carbonyl (C=O) groups is 3. The van der Waals surface area contributed by atoms with Gasteiger partial charge < -0.3 is 14.8 Å². The molecule has 0 saturated heterocycles. The zero-order chi connectivity index (χ0) is 20.5. The standard InChI is InChI=1S/C21H23NO5S/c1-4-27-21(25)16-6-5-7-18(11-16)22-20(24)13-28-12-17-10-15(14(2)23)8-9-19(17)26-3/h5-11H,4,12-13H2,1-3H3,(H,22,24). The summed E-state index contributed by atoms with van der Waals surface area (Å²) in [5.41, 5.74) is 2.39. The van der Waals surface area contributed by atoms with Crippen molar-refractivity contribution >= 4 is 35.1 Å². The zero-order valence-electron chi connectivity index (χ0n) is 16.1. The number of Topliss-reactive ketones (excluding diaryl/α,β-unsaturated/α-hetero) is 1. The summed E-state index contributed by atoms with van der Waals surface area (Å²) in [6, 6.07) is 11.9. The lowest BCUT2D eigenvalue weighted by molar-refractivity contribution is -0.113. The van der Waals surface area contributed by atoms with Crippen molar-refractivity contribution in [1.29, 1.82) is 0 Å². The molecule has 6 nitrogen and oxygen atoms in total. The molecule has 0 spiro atoms. The van der Waals surface area contributed by atoms with Crippen molar-refractivity contribution in [3.8, 4) is 5.75 Å². The molecule has 7 heteroatoms. The Morgan fingerprint density at radius 1 is 1.07 bits per heavy atom. The summed E-state index contributed by atoms with van der Waals surface area (Å²) in [6.45, 7) is 3.54. The Balaban J connectivity index is 1.93. The molecule has 2 aromatic carbocycles. The van der Waals surface area contributed by atoms with Crippen LogP contribution in [-0.4, -0.2) is 37.1 Å². The fraction of sp³-hybridized carbons (Fsp3) is 0.286. The minimum Gasteiger partial charge on any atom is -0.496 e. The number of hydrogen-bond donors (Lipinski definition) is 1. The molecule has 0 unspecified atom stereocenters. The summed E-state index contributed by atoms with van der Waals surface area (Å²) in [5, 5.41) is 2.77. The summed E-state index contributed by atoms with van der Waals surface area (Å²) in [7, 11) is 1.57. The quantitative estimate of drug-likeness (QED) is 0.506. The SMILES string of the molecule is CCOC(=O)c1cccc(NC(=O)CSCc2cc(C(C)=O)ccc2OC)c1. The van der Waals surface area contributed by atoms with E-state index < -0.39 is 5.97 Å². The van der Waals surface area contributed by atoms with Gasteiger partial charge in [0.25, 0.3) is 0 Å². The van der Waals surface area contributed by atoms with E-state index in [2.05, 4.69) is 5.32 Å². The van der Waals surface area contributed by atoms with Crippen LogP contribution in [0.25, 0.3) is 0 Å². The van der Waals surface area contributed by atoms with E-state index in [1.165, 1.54) is 18.7 Å². The lowest BCUT2D eigenvalue weighted by Crippen LogP contribution is -2.15. The highest BCUT2D eigenvalue weighted by molar-refractivity contribution is 7.99. The van der Waals surface area contributed by atoms with Crippen LogP contribution in [0.4, 0.5) is 5.69 Å². The number of methoxy groups -OCH3 is 1. The number of rotatable bonds is 9. The second-order valence-electron chi connectivity index (χ2n) is 5.93. The van der Waals surface area contributed by atoms with Gasteiger partial charge in [0, 0.05) is 22.6 Å². The van der Waals surface area contributed by atoms with E-state index in [0.717, 1.165) is 5.56 Å². The average molecular weight is 401 g/mol. The molecule has 0 aliphatic rings. The second kappa shape index (κ2) is 10.5. The van der Waals surface area contributed by atoms with Crippen LogP contribution in [0.1, 0.15) is 40.1 Å². The topological polar surface area (TPSA) is 81.7 Å². The minimum atomic E-state index is -0.426. The van der Waals surface area contributed by atoms with Crippen LogP contribution in [0.2, 0.25) is 0 Å². The van der Waals surface area contributed by atoms with Gasteiger partial charge in [-0.3, -0.25) is 9.59 Å². The van der Waals surface area contributed by atoms with Crippen LogP contribution >= 0.6 is 11.8 Å². The van der Waals surface area contributed by atoms with Crippen LogP contribution in [0.15, 0.2) is 42.5 Å². The van der Waals surface area contributed by atoms with Gasteiger partial charge in [-0.05, 0) is 50.2 Å². The van der Waals surface area contributed by atoms with Crippen molar-refractivity contribution in [2.24, 2.45) is 0 Å². The number of benzene rings is 2. The maximum atomic E-state index is 12.2. The number of esters is 1. The highest BCUT2D eigenvalue weighted by atomic mass is 32.2. The number of ketones is 1. The van der Waals surface area contributed by atoms with Gasteiger partial charge in [-0.25, -0.2) is 4.79 Å². The molecule has 28 heavy (non-hydrogen) atoms. The number of hydrogen-bond acceptors (Lipinski definition) is 6. The van der Waals surface area contributed by atoms with Gasteiger partial charge in [-0.1, -0.05) is 6.07 Å². The molecule has 0 saturated carbocycles. The van der Waals surface area contributed by atoms with Crippen molar-refractivity contribution < 1.29 is 23.9 Å². The lowest BCUT2D eigenvalue weighted by Gasteiger charge is -2.10. The number of ether oxygens (including phenoxy) is 2. The van der Waals surface area contributed by atoms with Gasteiger partial charge in [0.15, 0.2) is 5.78 Å². The molecule has 0 atom stereocenters. The monoisotopic (exact) mass is 401 g/mol. The maximum absolute atomic E-state index is 12.2. The van der Waals surface area contributed by atoms with E-state index in [1.54, 1.807) is 56.5 Å². The average Bonchev–Trinajstić information content (AvgIpc) is 2.68. The third-order valence-electron chi connectivity index (χ3n) is 3.84. The summed E-state index contributed by atoms with van der Waals surface area (Å²) >= 11 is 1.41. The summed E-state index contributed by atoms with van der Waals surface area (Å²) < 4.78 is 10.3. The second-order valence-corrected chi connectivity index (χ2v) is 6.91. The molecule has 0 aliphatic heterocycles. The van der Waals surface area contributed by atoms with E-state index in [1.807, 2.05) is 0 Å². The summed E-state index contributed by atoms with van der Waals surface area (Å²) in [6.07, 6.45) is 0. The smallest absolute Gasteiger partial charge is 0.338 e. The predicted octanol–water partition coefficient (Wildman–Crippen LogP) is 3.95. The Labute approximate surface area is 168 Å². The van der Waals surface area contributed by atoms with E-state index in [9.17, 15) is 14.4 Å². The van der Waals surface area contributed by atoms with Crippen molar-refractivity contribution in [1.82, 2.24) is 0 Å². The van der Waals surface area contributed by atoms with Crippen molar-refractivity contribution in [2.75, 3.05) is 24.8 Å². The van der Waals surface area contributed by atoms with Crippen LogP contribution in [-0.2, 0) is 15.3 Å². The number of anilines is 1. The first-order valence-electron chi connectivity index (χ1n) is 8.77. The zero-order valence-corrected chi connectivity index (χ0v) is 16.9. The number of carbonyl (C=O) groups excluding carboxylic acids is 3. The van der Waals surface area contributed by atoms with E-state index in [-0.39, 0.29) is 17.4 Å². The fourth-order valence-electron chi connectivity index (χ4n) is 2.50. The third kappa shape index (κ3) is 6.13. The van der Waals surface area contributed by atoms with Crippen LogP contribution in [0.5, 0.6) is 5.75 Å².